The van der Waals surface area contributed by atoms with Crippen LogP contribution >= 0.6 is 11.6 Å². The van der Waals surface area contributed by atoms with Gasteiger partial charge in [0, 0.05) is 43.0 Å². The molecule has 1 unspecified atom stereocenters. The second-order valence-corrected chi connectivity index (χ2v) is 7.66. The van der Waals surface area contributed by atoms with Gasteiger partial charge in [0.2, 0.25) is 5.91 Å². The van der Waals surface area contributed by atoms with Gasteiger partial charge in [-0.15, -0.1) is 0 Å². The zero-order chi connectivity index (χ0) is 19.0. The molecule has 1 aromatic carbocycles. The number of aryl methyl sites for hydroxylation is 2. The van der Waals surface area contributed by atoms with E-state index in [1.54, 1.807) is 13.0 Å². The molecule has 0 N–H and O–H groups in total. The van der Waals surface area contributed by atoms with E-state index in [1.807, 2.05) is 29.2 Å². The van der Waals surface area contributed by atoms with Gasteiger partial charge in [0.1, 0.15) is 6.04 Å². The standard InChI is InChI=1S/C20H23ClN4O2/c1-14(25-19(26)12-15-4-2-7-18(15)22-25)20(27)24-10-8-23(9-11-24)17-6-3-5-16(21)13-17/h3,5-6,12-14H,2,4,7-11H2,1H3. The van der Waals surface area contributed by atoms with Crippen LogP contribution in [-0.2, 0) is 17.6 Å². The van der Waals surface area contributed by atoms with E-state index >= 15 is 0 Å². The molecule has 0 radical (unpaired) electrons. The van der Waals surface area contributed by atoms with E-state index in [0.717, 1.165) is 49.3 Å². The Kier molecular flexibility index (Phi) is 4.91. The fourth-order valence-electron chi connectivity index (χ4n) is 3.92. The minimum absolute atomic E-state index is 0.0479. The molecular formula is C20H23ClN4O2. The number of carbonyl (C=O) groups excluding carboxylic acids is 1. The van der Waals surface area contributed by atoms with E-state index in [1.165, 1.54) is 4.68 Å². The summed E-state index contributed by atoms with van der Waals surface area (Å²) in [5.74, 6) is -0.0479. The van der Waals surface area contributed by atoms with Gasteiger partial charge in [-0.2, -0.15) is 5.10 Å². The summed E-state index contributed by atoms with van der Waals surface area (Å²) in [5.41, 5.74) is 2.87. The van der Waals surface area contributed by atoms with Crippen molar-refractivity contribution in [2.24, 2.45) is 0 Å². The fourth-order valence-corrected chi connectivity index (χ4v) is 4.10. The Morgan fingerprint density at radius 1 is 1.15 bits per heavy atom. The fraction of sp³-hybridized carbons (Fsp3) is 0.450. The Morgan fingerprint density at radius 2 is 1.93 bits per heavy atom. The average molecular weight is 387 g/mol. The summed E-state index contributed by atoms with van der Waals surface area (Å²) >= 11 is 6.08. The molecule has 1 aliphatic carbocycles. The van der Waals surface area contributed by atoms with Crippen molar-refractivity contribution in [1.29, 1.82) is 0 Å². The predicted molar refractivity (Wildman–Crippen MR) is 105 cm³/mol. The molecule has 1 aliphatic heterocycles. The highest BCUT2D eigenvalue weighted by Gasteiger charge is 2.28. The van der Waals surface area contributed by atoms with Crippen molar-refractivity contribution < 1.29 is 4.79 Å². The number of carbonyl (C=O) groups is 1. The second kappa shape index (κ2) is 7.35. The first-order valence-electron chi connectivity index (χ1n) is 9.44. The van der Waals surface area contributed by atoms with Gasteiger partial charge in [0.15, 0.2) is 0 Å². The summed E-state index contributed by atoms with van der Waals surface area (Å²) in [4.78, 5) is 29.4. The highest BCUT2D eigenvalue weighted by Crippen LogP contribution is 2.22. The molecule has 2 aromatic rings. The van der Waals surface area contributed by atoms with Gasteiger partial charge in [0.25, 0.3) is 5.56 Å². The monoisotopic (exact) mass is 386 g/mol. The summed E-state index contributed by atoms with van der Waals surface area (Å²) in [6, 6.07) is 8.82. The third-order valence-electron chi connectivity index (χ3n) is 5.47. The van der Waals surface area contributed by atoms with Crippen LogP contribution in [0.5, 0.6) is 0 Å². The number of nitrogens with zero attached hydrogens (tertiary/aromatic N) is 4. The molecule has 4 rings (SSSR count). The Morgan fingerprint density at radius 3 is 2.67 bits per heavy atom. The summed E-state index contributed by atoms with van der Waals surface area (Å²) < 4.78 is 1.36. The molecule has 1 aromatic heterocycles. The van der Waals surface area contributed by atoms with Crippen LogP contribution in [0.25, 0.3) is 0 Å². The third kappa shape index (κ3) is 3.58. The summed E-state index contributed by atoms with van der Waals surface area (Å²) in [6.45, 7) is 4.49. The molecule has 27 heavy (non-hydrogen) atoms. The van der Waals surface area contributed by atoms with Crippen molar-refractivity contribution in [2.75, 3.05) is 31.1 Å². The van der Waals surface area contributed by atoms with Crippen LogP contribution in [0.4, 0.5) is 5.69 Å². The van der Waals surface area contributed by atoms with Crippen LogP contribution in [0.15, 0.2) is 35.1 Å². The molecule has 1 amide bonds. The maximum Gasteiger partial charge on any atom is 0.267 e. The molecule has 6 nitrogen and oxygen atoms in total. The van der Waals surface area contributed by atoms with Gasteiger partial charge in [-0.1, -0.05) is 17.7 Å². The van der Waals surface area contributed by atoms with E-state index in [2.05, 4.69) is 10.00 Å². The first-order chi connectivity index (χ1) is 13.0. The van der Waals surface area contributed by atoms with Crippen molar-refractivity contribution >= 4 is 23.2 Å². The van der Waals surface area contributed by atoms with Gasteiger partial charge < -0.3 is 9.80 Å². The minimum atomic E-state index is -0.582. The molecule has 1 fully saturated rings. The normalized spacial score (nSPS) is 17.7. The number of piperazine rings is 1. The number of fused-ring (bicyclic) bond motifs is 1. The molecule has 0 bridgehead atoms. The molecular weight excluding hydrogens is 364 g/mol. The molecule has 7 heteroatoms. The van der Waals surface area contributed by atoms with Crippen molar-refractivity contribution in [1.82, 2.24) is 14.7 Å². The van der Waals surface area contributed by atoms with Gasteiger partial charge in [0.05, 0.1) is 5.69 Å². The number of hydrogen-bond acceptors (Lipinski definition) is 4. The topological polar surface area (TPSA) is 58.4 Å². The lowest BCUT2D eigenvalue weighted by Crippen LogP contribution is -2.51. The van der Waals surface area contributed by atoms with Crippen molar-refractivity contribution in [3.05, 3.63) is 57.0 Å². The Hall–Kier alpha value is -2.34. The highest BCUT2D eigenvalue weighted by atomic mass is 35.5. The molecule has 142 valence electrons. The predicted octanol–water partition coefficient (Wildman–Crippen LogP) is 2.30. The zero-order valence-corrected chi connectivity index (χ0v) is 16.2. The highest BCUT2D eigenvalue weighted by molar-refractivity contribution is 6.30. The number of halogens is 1. The summed E-state index contributed by atoms with van der Waals surface area (Å²) in [6.07, 6.45) is 2.82. The Labute approximate surface area is 163 Å². The SMILES string of the molecule is CC(C(=O)N1CCN(c2cccc(Cl)c2)CC1)n1nc2c(cc1=O)CCC2. The number of anilines is 1. The molecule has 1 atom stereocenters. The van der Waals surface area contributed by atoms with Gasteiger partial charge in [-0.25, -0.2) is 4.68 Å². The molecule has 1 saturated heterocycles. The zero-order valence-electron chi connectivity index (χ0n) is 15.4. The van der Waals surface area contributed by atoms with Crippen molar-refractivity contribution in [3.63, 3.8) is 0 Å². The first kappa shape index (κ1) is 18.0. The average Bonchev–Trinajstić information content (AvgIpc) is 3.13. The largest absolute Gasteiger partial charge is 0.368 e. The van der Waals surface area contributed by atoms with Gasteiger partial charge >= 0.3 is 0 Å². The number of hydrogen-bond donors (Lipinski definition) is 0. The number of benzene rings is 1. The molecule has 2 aliphatic rings. The Bertz CT molecular complexity index is 918. The van der Waals surface area contributed by atoms with Gasteiger partial charge in [-0.3, -0.25) is 9.59 Å². The maximum absolute atomic E-state index is 12.9. The number of amides is 1. The minimum Gasteiger partial charge on any atom is -0.368 e. The number of aromatic nitrogens is 2. The van der Waals surface area contributed by atoms with Crippen LogP contribution in [0.1, 0.15) is 30.6 Å². The lowest BCUT2D eigenvalue weighted by Gasteiger charge is -2.37. The third-order valence-corrected chi connectivity index (χ3v) is 5.71. The van der Waals surface area contributed by atoms with E-state index in [4.69, 9.17) is 11.6 Å². The lowest BCUT2D eigenvalue weighted by molar-refractivity contribution is -0.135. The van der Waals surface area contributed by atoms with Crippen LogP contribution in [0.2, 0.25) is 5.02 Å². The first-order valence-corrected chi connectivity index (χ1v) is 9.81. The molecule has 0 spiro atoms. The second-order valence-electron chi connectivity index (χ2n) is 7.22. The summed E-state index contributed by atoms with van der Waals surface area (Å²) in [5, 5.41) is 5.18. The van der Waals surface area contributed by atoms with Gasteiger partial charge in [-0.05, 0) is 49.9 Å². The van der Waals surface area contributed by atoms with E-state index in [9.17, 15) is 9.59 Å². The van der Waals surface area contributed by atoms with E-state index < -0.39 is 6.04 Å². The van der Waals surface area contributed by atoms with Crippen LogP contribution < -0.4 is 10.5 Å². The van der Waals surface area contributed by atoms with E-state index in [-0.39, 0.29) is 11.5 Å². The Balaban J connectivity index is 1.44. The van der Waals surface area contributed by atoms with Crippen LogP contribution in [-0.4, -0.2) is 46.8 Å². The van der Waals surface area contributed by atoms with Crippen molar-refractivity contribution in [3.8, 4) is 0 Å². The van der Waals surface area contributed by atoms with Crippen molar-refractivity contribution in [2.45, 2.75) is 32.2 Å². The van der Waals surface area contributed by atoms with Crippen LogP contribution in [0.3, 0.4) is 0 Å². The quantitative estimate of drug-likeness (QED) is 0.812. The maximum atomic E-state index is 12.9. The summed E-state index contributed by atoms with van der Waals surface area (Å²) in [7, 11) is 0. The molecule has 2 heterocycles. The lowest BCUT2D eigenvalue weighted by atomic mass is 10.2. The molecule has 0 saturated carbocycles. The van der Waals surface area contributed by atoms with E-state index in [0.29, 0.717) is 18.1 Å². The number of rotatable bonds is 3. The van der Waals surface area contributed by atoms with Crippen LogP contribution in [0, 0.1) is 0 Å². The smallest absolute Gasteiger partial charge is 0.267 e.